The molecule has 4 aliphatic rings. The third-order valence-corrected chi connectivity index (χ3v) is 12.1. The maximum atomic E-state index is 15.4. The molecule has 1 aromatic heterocycles. The highest BCUT2D eigenvalue weighted by Gasteiger charge is 2.71. The highest BCUT2D eigenvalue weighted by Crippen LogP contribution is 2.66. The summed E-state index contributed by atoms with van der Waals surface area (Å²) in [4.78, 5) is 63.7. The monoisotopic (exact) mass is 820 g/mol. The Bertz CT molecular complexity index is 2400. The lowest BCUT2D eigenvalue weighted by Crippen LogP contribution is -2.53. The zero-order chi connectivity index (χ0) is 40.7. The van der Waals surface area contributed by atoms with Gasteiger partial charge in [-0.05, 0) is 72.3 Å². The first-order valence-corrected chi connectivity index (χ1v) is 18.4. The van der Waals surface area contributed by atoms with Crippen LogP contribution >= 0.6 is 23.2 Å². The summed E-state index contributed by atoms with van der Waals surface area (Å²) in [6.45, 7) is 0. The Labute approximate surface area is 332 Å². The number of hydrazine groups is 1. The molecule has 8 rings (SSSR count). The van der Waals surface area contributed by atoms with E-state index in [2.05, 4.69) is 10.4 Å². The van der Waals surface area contributed by atoms with E-state index in [-0.39, 0.29) is 46.6 Å². The molecule has 18 heteroatoms. The first kappa shape index (κ1) is 38.5. The lowest BCUT2D eigenvalue weighted by Gasteiger charge is -2.50. The van der Waals surface area contributed by atoms with E-state index in [0.717, 1.165) is 4.90 Å². The van der Waals surface area contributed by atoms with Crippen molar-refractivity contribution in [3.8, 4) is 11.5 Å². The summed E-state index contributed by atoms with van der Waals surface area (Å²) in [6, 6.07) is 16.9. The van der Waals surface area contributed by atoms with E-state index in [0.29, 0.717) is 27.9 Å². The number of fused-ring (bicyclic) bond motifs is 4. The van der Waals surface area contributed by atoms with Crippen molar-refractivity contribution in [2.24, 2.45) is 23.7 Å². The van der Waals surface area contributed by atoms with Crippen LogP contribution in [-0.2, 0) is 30.8 Å². The lowest BCUT2D eigenvalue weighted by atomic mass is 9.49. The summed E-state index contributed by atoms with van der Waals surface area (Å²) in [5.41, 5.74) is 0.522. The minimum atomic E-state index is -4.79. The molecular formula is C39H30BCl2F3N4O8. The molecular weight excluding hydrogens is 791 g/mol. The second-order valence-electron chi connectivity index (χ2n) is 14.3. The Morgan fingerprint density at radius 2 is 1.67 bits per heavy atom. The van der Waals surface area contributed by atoms with E-state index in [9.17, 15) is 42.7 Å². The van der Waals surface area contributed by atoms with Crippen LogP contribution in [0, 0.1) is 23.7 Å². The average Bonchev–Trinajstić information content (AvgIpc) is 3.56. The molecule has 3 heterocycles. The van der Waals surface area contributed by atoms with Crippen molar-refractivity contribution >= 4 is 70.9 Å². The van der Waals surface area contributed by atoms with E-state index >= 15 is 4.79 Å². The van der Waals surface area contributed by atoms with Gasteiger partial charge in [-0.15, -0.1) is 0 Å². The normalized spacial score (nSPS) is 25.5. The van der Waals surface area contributed by atoms with E-state index in [1.54, 1.807) is 24.3 Å². The predicted octanol–water partition coefficient (Wildman–Crippen LogP) is 4.99. The summed E-state index contributed by atoms with van der Waals surface area (Å²) in [6.07, 6.45) is -2.67. The highest BCUT2D eigenvalue weighted by atomic mass is 35.5. The van der Waals surface area contributed by atoms with Crippen molar-refractivity contribution in [2.75, 3.05) is 17.4 Å². The molecule has 2 saturated heterocycles. The molecule has 292 valence electrons. The smallest absolute Gasteiger partial charge is 0.488 e. The van der Waals surface area contributed by atoms with Crippen molar-refractivity contribution in [1.82, 2.24) is 9.99 Å². The second kappa shape index (κ2) is 13.9. The van der Waals surface area contributed by atoms with Crippen molar-refractivity contribution in [3.05, 3.63) is 117 Å². The SMILES string of the molecule is COc1cccc(O)c1C1C2=CCC3C(=O)N(c4cccc(B(O)O)c4)C(=O)C3C2CC2C(=O)N(Nc3ncc(C(F)(F)F)cc3Cl)C(=O)C21c1ccc(Cl)cc1. The van der Waals surface area contributed by atoms with Gasteiger partial charge in [-0.2, -0.15) is 18.2 Å². The molecule has 3 fully saturated rings. The fraction of sp³-hybridized carbons (Fsp3) is 0.256. The van der Waals surface area contributed by atoms with Gasteiger partial charge in [0.15, 0.2) is 5.82 Å². The maximum absolute atomic E-state index is 15.4. The number of carbonyl (C=O) groups excluding carboxylic acids is 4. The molecule has 6 unspecified atom stereocenters. The zero-order valence-electron chi connectivity index (χ0n) is 29.6. The fourth-order valence-corrected chi connectivity index (χ4v) is 9.51. The van der Waals surface area contributed by atoms with E-state index in [1.807, 2.05) is 0 Å². The minimum Gasteiger partial charge on any atom is -0.508 e. The standard InChI is InChI=1S/C39H30BCl2F3N4O8/c1-57-29-7-3-6-28(50)31(29)32-23-12-13-24-30(36(53)48(34(24)51)22-5-2-4-20(15-22)40(55)56)25(23)16-26-35(52)49(37(54)38(26,32)18-8-10-21(41)11-9-18)47-33-27(42)14-19(17-46-33)39(43,44)45/h2-12,14-15,17,24-26,30,32,50,55-56H,13,16H2,1H3,(H,46,47). The van der Waals surface area contributed by atoms with Gasteiger partial charge in [0.25, 0.3) is 11.8 Å². The number of benzene rings is 3. The van der Waals surface area contributed by atoms with Crippen LogP contribution < -0.4 is 20.5 Å². The molecule has 0 bridgehead atoms. The van der Waals surface area contributed by atoms with Crippen LogP contribution in [0.4, 0.5) is 24.7 Å². The topological polar surface area (TPSA) is 170 Å². The molecule has 0 radical (unpaired) electrons. The van der Waals surface area contributed by atoms with Gasteiger partial charge in [0.05, 0.1) is 46.6 Å². The predicted molar refractivity (Wildman–Crippen MR) is 200 cm³/mol. The van der Waals surface area contributed by atoms with Crippen LogP contribution in [0.5, 0.6) is 11.5 Å². The summed E-state index contributed by atoms with van der Waals surface area (Å²) in [5.74, 6) is -8.84. The number of pyridine rings is 1. The van der Waals surface area contributed by atoms with Gasteiger partial charge in [0, 0.05) is 22.7 Å². The molecule has 3 aromatic carbocycles. The zero-order valence-corrected chi connectivity index (χ0v) is 31.1. The number of rotatable bonds is 7. The summed E-state index contributed by atoms with van der Waals surface area (Å²) >= 11 is 12.6. The van der Waals surface area contributed by atoms with Gasteiger partial charge in [0.1, 0.15) is 11.5 Å². The maximum Gasteiger partial charge on any atom is 0.488 e. The Morgan fingerprint density at radius 1 is 0.947 bits per heavy atom. The summed E-state index contributed by atoms with van der Waals surface area (Å²) in [7, 11) is -0.518. The molecule has 1 saturated carbocycles. The number of hydrogen-bond acceptors (Lipinski definition) is 10. The van der Waals surface area contributed by atoms with Gasteiger partial charge in [-0.25, -0.2) is 4.98 Å². The third-order valence-electron chi connectivity index (χ3n) is 11.5. The number of carbonyl (C=O) groups is 4. The number of anilines is 2. The van der Waals surface area contributed by atoms with Crippen LogP contribution in [0.3, 0.4) is 0 Å². The number of nitrogens with zero attached hydrogens (tertiary/aromatic N) is 3. The van der Waals surface area contributed by atoms with Crippen molar-refractivity contribution in [1.29, 1.82) is 0 Å². The quantitative estimate of drug-likeness (QED) is 0.113. The molecule has 0 spiro atoms. The number of methoxy groups -OCH3 is 1. The molecule has 4 N–H and O–H groups in total. The van der Waals surface area contributed by atoms with Crippen LogP contribution in [0.25, 0.3) is 0 Å². The molecule has 4 amide bonds. The average molecular weight is 821 g/mol. The van der Waals surface area contributed by atoms with Crippen LogP contribution in [0.15, 0.2) is 90.6 Å². The third kappa shape index (κ3) is 5.87. The first-order valence-electron chi connectivity index (χ1n) is 17.6. The Morgan fingerprint density at radius 3 is 2.33 bits per heavy atom. The Hall–Kier alpha value is -5.42. The van der Waals surface area contributed by atoms with Crippen LogP contribution in [-0.4, -0.2) is 63.0 Å². The first-order chi connectivity index (χ1) is 27.1. The van der Waals surface area contributed by atoms with Gasteiger partial charge in [-0.1, -0.05) is 65.2 Å². The van der Waals surface area contributed by atoms with E-state index in [4.69, 9.17) is 27.9 Å². The van der Waals surface area contributed by atoms with Gasteiger partial charge < -0.3 is 19.9 Å². The Balaban J connectivity index is 1.32. The number of imide groups is 2. The number of amides is 4. The molecule has 12 nitrogen and oxygen atoms in total. The van der Waals surface area contributed by atoms with Crippen molar-refractivity contribution in [3.63, 3.8) is 0 Å². The number of aromatic hydroxyl groups is 1. The Kier molecular flexibility index (Phi) is 9.38. The highest BCUT2D eigenvalue weighted by molar-refractivity contribution is 6.58. The van der Waals surface area contributed by atoms with Crippen molar-refractivity contribution < 1.29 is 52.2 Å². The fourth-order valence-electron chi connectivity index (χ4n) is 9.18. The number of nitrogens with one attached hydrogen (secondary N) is 1. The molecule has 4 aromatic rings. The summed E-state index contributed by atoms with van der Waals surface area (Å²) in [5, 5.41) is 31.7. The van der Waals surface area contributed by atoms with Crippen molar-refractivity contribution in [2.45, 2.75) is 30.4 Å². The number of hydrogen-bond donors (Lipinski definition) is 4. The van der Waals surface area contributed by atoms with E-state index in [1.165, 1.54) is 55.6 Å². The van der Waals surface area contributed by atoms with E-state index < -0.39 is 88.3 Å². The number of halogens is 5. The number of phenols is 1. The van der Waals surface area contributed by atoms with Gasteiger partial charge >= 0.3 is 13.3 Å². The number of phenolic OH excluding ortho intramolecular Hbond substituents is 1. The number of ether oxygens (including phenoxy) is 1. The van der Waals surface area contributed by atoms with Gasteiger partial charge in [-0.3, -0.25) is 29.5 Å². The molecule has 2 aliphatic carbocycles. The van der Waals surface area contributed by atoms with Gasteiger partial charge in [0.2, 0.25) is 11.8 Å². The molecule has 57 heavy (non-hydrogen) atoms. The number of allylic oxidation sites excluding steroid dienone is 2. The summed E-state index contributed by atoms with van der Waals surface area (Å²) < 4.78 is 46.3. The molecule has 2 aliphatic heterocycles. The lowest BCUT2D eigenvalue weighted by molar-refractivity contribution is -0.139. The molecule has 6 atom stereocenters. The van der Waals surface area contributed by atoms with Crippen LogP contribution in [0.2, 0.25) is 10.0 Å². The largest absolute Gasteiger partial charge is 0.508 e. The van der Waals surface area contributed by atoms with Crippen LogP contribution in [0.1, 0.15) is 35.4 Å². The number of alkyl halides is 3. The minimum absolute atomic E-state index is 0.0306. The second-order valence-corrected chi connectivity index (χ2v) is 15.1. The number of aromatic nitrogens is 1.